The molecule has 0 unspecified atom stereocenters. The Hall–Kier alpha value is -4.66. The third-order valence-corrected chi connectivity index (χ3v) is 7.30. The lowest BCUT2D eigenvalue weighted by atomic mass is 9.98. The van der Waals surface area contributed by atoms with Crippen molar-refractivity contribution < 1.29 is 9.18 Å². The van der Waals surface area contributed by atoms with E-state index < -0.39 is 0 Å². The van der Waals surface area contributed by atoms with Gasteiger partial charge in [0.2, 0.25) is 0 Å². The molecule has 9 heteroatoms. The average molecular weight is 552 g/mol. The van der Waals surface area contributed by atoms with E-state index in [2.05, 4.69) is 56.4 Å². The van der Waals surface area contributed by atoms with Gasteiger partial charge in [-0.25, -0.2) is 14.5 Å². The third kappa shape index (κ3) is 5.94. The van der Waals surface area contributed by atoms with Crippen LogP contribution in [-0.4, -0.2) is 54.1 Å². The zero-order chi connectivity index (χ0) is 28.8. The zero-order valence-corrected chi connectivity index (χ0v) is 23.6. The number of carbonyl (C=O) groups is 1. The molecule has 41 heavy (non-hydrogen) atoms. The molecule has 210 valence electrons. The van der Waals surface area contributed by atoms with Crippen LogP contribution >= 0.6 is 0 Å². The van der Waals surface area contributed by atoms with Crippen LogP contribution in [0.5, 0.6) is 0 Å². The third-order valence-electron chi connectivity index (χ3n) is 7.30. The van der Waals surface area contributed by atoms with Crippen LogP contribution in [0.2, 0.25) is 0 Å². The molecule has 0 saturated carbocycles. The lowest BCUT2D eigenvalue weighted by molar-refractivity contribution is 0.0763. The van der Waals surface area contributed by atoms with Crippen LogP contribution < -0.4 is 0 Å². The van der Waals surface area contributed by atoms with Crippen molar-refractivity contribution in [2.75, 3.05) is 13.1 Å². The molecule has 0 bridgehead atoms. The van der Waals surface area contributed by atoms with Crippen LogP contribution in [-0.2, 0) is 13.0 Å². The Morgan fingerprint density at radius 2 is 1.59 bits per heavy atom. The number of aromatic amines is 1. The number of nitrogens with one attached hydrogen (secondary N) is 1. The first kappa shape index (κ1) is 27.9. The van der Waals surface area contributed by atoms with Crippen LogP contribution in [0.3, 0.4) is 0 Å². The number of carbonyl (C=O) groups excluding carboxylic acids is 1. The maximum atomic E-state index is 13.9. The van der Waals surface area contributed by atoms with Crippen molar-refractivity contribution in [1.82, 2.24) is 35.1 Å². The van der Waals surface area contributed by atoms with E-state index >= 15 is 0 Å². The number of rotatable bonds is 11. The van der Waals surface area contributed by atoms with E-state index in [9.17, 15) is 9.18 Å². The van der Waals surface area contributed by atoms with Gasteiger partial charge < -0.3 is 9.47 Å². The molecule has 1 N–H and O–H groups in total. The number of aryl methyl sites for hydroxylation is 1. The van der Waals surface area contributed by atoms with Gasteiger partial charge in [-0.2, -0.15) is 0 Å². The van der Waals surface area contributed by atoms with Crippen molar-refractivity contribution in [1.29, 1.82) is 0 Å². The highest BCUT2D eigenvalue weighted by molar-refractivity contribution is 5.98. The predicted molar refractivity (Wildman–Crippen MR) is 158 cm³/mol. The molecular formula is C32H34FN7O. The molecule has 0 saturated heterocycles. The van der Waals surface area contributed by atoms with Crippen molar-refractivity contribution in [3.8, 4) is 33.8 Å². The number of amides is 1. The Labute approximate surface area is 239 Å². The highest BCUT2D eigenvalue weighted by atomic mass is 19.1. The molecular weight excluding hydrogens is 517 g/mol. The summed E-state index contributed by atoms with van der Waals surface area (Å²) in [5.41, 5.74) is 5.87. The Bertz CT molecular complexity index is 1590. The summed E-state index contributed by atoms with van der Waals surface area (Å²) in [6, 6.07) is 22.5. The van der Waals surface area contributed by atoms with Gasteiger partial charge in [-0.15, -0.1) is 5.10 Å². The van der Waals surface area contributed by atoms with Crippen LogP contribution in [0.4, 0.5) is 4.39 Å². The normalized spacial score (nSPS) is 11.1. The quantitative estimate of drug-likeness (QED) is 0.205. The van der Waals surface area contributed by atoms with Gasteiger partial charge in [0.05, 0.1) is 0 Å². The lowest BCUT2D eigenvalue weighted by Crippen LogP contribution is -2.33. The van der Waals surface area contributed by atoms with Crippen LogP contribution in [0.1, 0.15) is 55.5 Å². The summed E-state index contributed by atoms with van der Waals surface area (Å²) in [5.74, 6) is 1.07. The smallest absolute Gasteiger partial charge is 0.272 e. The number of tetrazole rings is 1. The first-order valence-corrected chi connectivity index (χ1v) is 14.1. The molecule has 0 aliphatic rings. The van der Waals surface area contributed by atoms with Crippen LogP contribution in [0.15, 0.2) is 72.8 Å². The van der Waals surface area contributed by atoms with Gasteiger partial charge in [-0.3, -0.25) is 4.79 Å². The predicted octanol–water partition coefficient (Wildman–Crippen LogP) is 6.41. The molecule has 0 aliphatic heterocycles. The number of halogens is 1. The monoisotopic (exact) mass is 551 g/mol. The van der Waals surface area contributed by atoms with Gasteiger partial charge in [-0.05, 0) is 71.7 Å². The molecule has 0 aliphatic carbocycles. The highest BCUT2D eigenvalue weighted by Gasteiger charge is 2.27. The highest BCUT2D eigenvalue weighted by Crippen LogP contribution is 2.31. The van der Waals surface area contributed by atoms with Crippen molar-refractivity contribution >= 4 is 5.91 Å². The summed E-state index contributed by atoms with van der Waals surface area (Å²) >= 11 is 0. The number of H-pyrrole nitrogens is 1. The molecule has 0 fully saturated rings. The fourth-order valence-corrected chi connectivity index (χ4v) is 5.07. The number of imidazole rings is 1. The molecule has 5 aromatic rings. The maximum Gasteiger partial charge on any atom is 0.272 e. The van der Waals surface area contributed by atoms with Gasteiger partial charge in [0, 0.05) is 37.2 Å². The number of hydrogen-bond acceptors (Lipinski definition) is 5. The van der Waals surface area contributed by atoms with E-state index in [0.29, 0.717) is 36.8 Å². The van der Waals surface area contributed by atoms with E-state index in [-0.39, 0.29) is 11.7 Å². The fraction of sp³-hybridized carbons (Fsp3) is 0.281. The molecule has 5 rings (SSSR count). The number of hydrogen-bond donors (Lipinski definition) is 1. The van der Waals surface area contributed by atoms with Crippen molar-refractivity contribution in [2.24, 2.45) is 0 Å². The van der Waals surface area contributed by atoms with E-state index in [0.717, 1.165) is 52.9 Å². The molecule has 1 amide bonds. The molecule has 2 heterocycles. The van der Waals surface area contributed by atoms with Gasteiger partial charge in [0.15, 0.2) is 5.82 Å². The average Bonchev–Trinajstić information content (AvgIpc) is 3.66. The molecule has 0 atom stereocenters. The van der Waals surface area contributed by atoms with Gasteiger partial charge in [0.25, 0.3) is 5.91 Å². The first-order chi connectivity index (χ1) is 20.0. The van der Waals surface area contributed by atoms with Gasteiger partial charge in [0.1, 0.15) is 23.0 Å². The summed E-state index contributed by atoms with van der Waals surface area (Å²) in [4.78, 5) is 20.7. The summed E-state index contributed by atoms with van der Waals surface area (Å²) in [5, 5.41) is 14.4. The minimum absolute atomic E-state index is 0.0733. The fourth-order valence-electron chi connectivity index (χ4n) is 5.07. The number of aromatic nitrogens is 6. The Morgan fingerprint density at radius 1 is 0.902 bits per heavy atom. The molecule has 0 spiro atoms. The standard InChI is InChI=1S/C32H34FN7O/c1-4-7-12-28-34-29(24-17-19-25(33)20-18-24)30(32(41)39(5-2)6-3)40(28)21-22-13-15-23(16-14-22)26-10-8-9-11-27(26)31-35-37-38-36-31/h8-11,13-20H,4-7,12,21H2,1-3H3,(H,35,36,37,38). The topological polar surface area (TPSA) is 92.6 Å². The van der Waals surface area contributed by atoms with Gasteiger partial charge in [-0.1, -0.05) is 61.9 Å². The minimum Gasteiger partial charge on any atom is -0.338 e. The van der Waals surface area contributed by atoms with Crippen molar-refractivity contribution in [3.63, 3.8) is 0 Å². The molecule has 8 nitrogen and oxygen atoms in total. The van der Waals surface area contributed by atoms with E-state index in [1.807, 2.05) is 43.0 Å². The molecule has 0 radical (unpaired) electrons. The molecule has 3 aromatic carbocycles. The molecule has 2 aromatic heterocycles. The van der Waals surface area contributed by atoms with Crippen LogP contribution in [0, 0.1) is 5.82 Å². The Morgan fingerprint density at radius 3 is 2.22 bits per heavy atom. The lowest BCUT2D eigenvalue weighted by Gasteiger charge is -2.21. The summed E-state index contributed by atoms with van der Waals surface area (Å²) in [6.07, 6.45) is 2.70. The second kappa shape index (κ2) is 12.7. The van der Waals surface area contributed by atoms with E-state index in [4.69, 9.17) is 4.98 Å². The van der Waals surface area contributed by atoms with Crippen molar-refractivity contribution in [3.05, 3.63) is 95.7 Å². The largest absolute Gasteiger partial charge is 0.338 e. The number of benzene rings is 3. The van der Waals surface area contributed by atoms with E-state index in [1.54, 1.807) is 12.1 Å². The Kier molecular flexibility index (Phi) is 8.62. The Balaban J connectivity index is 1.56. The number of nitrogens with zero attached hydrogens (tertiary/aromatic N) is 6. The number of unbranched alkanes of at least 4 members (excludes halogenated alkanes) is 1. The van der Waals surface area contributed by atoms with Crippen molar-refractivity contribution in [2.45, 2.75) is 46.6 Å². The minimum atomic E-state index is -0.322. The van der Waals surface area contributed by atoms with Gasteiger partial charge >= 0.3 is 0 Å². The summed E-state index contributed by atoms with van der Waals surface area (Å²) in [6.45, 7) is 7.75. The zero-order valence-electron chi connectivity index (χ0n) is 23.6. The van der Waals surface area contributed by atoms with E-state index in [1.165, 1.54) is 12.1 Å². The SMILES string of the molecule is CCCCc1nc(-c2ccc(F)cc2)c(C(=O)N(CC)CC)n1Cc1ccc(-c2ccccc2-c2nnn[nH]2)cc1. The first-order valence-electron chi connectivity index (χ1n) is 14.1. The summed E-state index contributed by atoms with van der Waals surface area (Å²) in [7, 11) is 0. The van der Waals surface area contributed by atoms with Crippen LogP contribution in [0.25, 0.3) is 33.8 Å². The maximum absolute atomic E-state index is 13.9. The summed E-state index contributed by atoms with van der Waals surface area (Å²) < 4.78 is 15.8. The second-order valence-electron chi connectivity index (χ2n) is 9.89. The second-order valence-corrected chi connectivity index (χ2v) is 9.89.